The maximum atomic E-state index is 5.56. The Morgan fingerprint density at radius 2 is 1.88 bits per heavy atom. The van der Waals surface area contributed by atoms with E-state index in [-0.39, 0.29) is 0 Å². The second-order valence-corrected chi connectivity index (χ2v) is 4.27. The molecule has 0 atom stereocenters. The summed E-state index contributed by atoms with van der Waals surface area (Å²) in [6.07, 6.45) is 3.24. The van der Waals surface area contributed by atoms with Gasteiger partial charge in [-0.25, -0.2) is 0 Å². The van der Waals surface area contributed by atoms with Crippen LogP contribution in [0.15, 0.2) is 30.3 Å². The normalized spacial score (nSPS) is 11.9. The van der Waals surface area contributed by atoms with Crippen molar-refractivity contribution in [3.05, 3.63) is 35.9 Å². The number of ether oxygens (including phenoxy) is 1. The highest BCUT2D eigenvalue weighted by Gasteiger charge is 2.05. The Kier molecular flexibility index (Phi) is 5.10. The largest absolute Gasteiger partial charge is 0.494 e. The van der Waals surface area contributed by atoms with Crippen molar-refractivity contribution in [2.45, 2.75) is 34.1 Å². The first-order valence-electron chi connectivity index (χ1n) is 6.08. The van der Waals surface area contributed by atoms with Crippen molar-refractivity contribution < 1.29 is 4.74 Å². The van der Waals surface area contributed by atoms with Crippen LogP contribution in [0.1, 0.15) is 39.7 Å². The topological polar surface area (TPSA) is 9.23 Å². The Hall–Kier alpha value is -1.24. The van der Waals surface area contributed by atoms with Gasteiger partial charge in [0.2, 0.25) is 0 Å². The van der Waals surface area contributed by atoms with E-state index in [9.17, 15) is 0 Å². The molecule has 0 radical (unpaired) electrons. The van der Waals surface area contributed by atoms with Crippen molar-refractivity contribution in [1.29, 1.82) is 0 Å². The lowest BCUT2D eigenvalue weighted by Gasteiger charge is -2.12. The third-order valence-electron chi connectivity index (χ3n) is 2.59. The van der Waals surface area contributed by atoms with Gasteiger partial charge in [0, 0.05) is 0 Å². The molecule has 0 aliphatic rings. The van der Waals surface area contributed by atoms with Gasteiger partial charge in [0.05, 0.1) is 6.61 Å². The van der Waals surface area contributed by atoms with Crippen molar-refractivity contribution in [1.82, 2.24) is 0 Å². The van der Waals surface area contributed by atoms with E-state index < -0.39 is 0 Å². The number of rotatable bonds is 5. The van der Waals surface area contributed by atoms with Crippen LogP contribution in [0.3, 0.4) is 0 Å². The first kappa shape index (κ1) is 12.8. The van der Waals surface area contributed by atoms with Gasteiger partial charge in [0.25, 0.3) is 0 Å². The standard InChI is InChI=1S/C15H22O/c1-5-11-16-14-9-7-13(8-10-14)15(6-2)12(3)4/h6-10,12H,5,11H2,1-4H3. The summed E-state index contributed by atoms with van der Waals surface area (Å²) in [4.78, 5) is 0. The molecule has 0 spiro atoms. The molecule has 1 aromatic carbocycles. The lowest BCUT2D eigenvalue weighted by molar-refractivity contribution is 0.317. The maximum absolute atomic E-state index is 5.56. The van der Waals surface area contributed by atoms with Crippen LogP contribution in [0.5, 0.6) is 5.75 Å². The molecule has 1 nitrogen and oxygen atoms in total. The lowest BCUT2D eigenvalue weighted by atomic mass is 9.95. The third kappa shape index (κ3) is 3.41. The van der Waals surface area contributed by atoms with Gasteiger partial charge in [-0.1, -0.05) is 39.0 Å². The van der Waals surface area contributed by atoms with E-state index in [1.807, 2.05) is 0 Å². The van der Waals surface area contributed by atoms with Crippen molar-refractivity contribution in [2.24, 2.45) is 5.92 Å². The molecule has 0 amide bonds. The predicted molar refractivity (Wildman–Crippen MR) is 70.7 cm³/mol. The molecule has 0 aliphatic heterocycles. The van der Waals surface area contributed by atoms with Gasteiger partial charge >= 0.3 is 0 Å². The van der Waals surface area contributed by atoms with Gasteiger partial charge in [0.1, 0.15) is 5.75 Å². The van der Waals surface area contributed by atoms with E-state index in [1.165, 1.54) is 11.1 Å². The van der Waals surface area contributed by atoms with E-state index in [1.54, 1.807) is 0 Å². The quantitative estimate of drug-likeness (QED) is 0.705. The fourth-order valence-corrected chi connectivity index (χ4v) is 1.80. The van der Waals surface area contributed by atoms with Gasteiger partial charge in [-0.2, -0.15) is 0 Å². The SMILES string of the molecule is CC=C(c1ccc(OCCC)cc1)C(C)C. The molecule has 0 bridgehead atoms. The fraction of sp³-hybridized carbons (Fsp3) is 0.467. The summed E-state index contributed by atoms with van der Waals surface area (Å²) in [5.74, 6) is 1.53. The van der Waals surface area contributed by atoms with E-state index >= 15 is 0 Å². The van der Waals surface area contributed by atoms with E-state index in [0.29, 0.717) is 5.92 Å². The Balaban J connectivity index is 2.78. The zero-order chi connectivity index (χ0) is 12.0. The van der Waals surface area contributed by atoms with Crippen molar-refractivity contribution in [3.8, 4) is 5.75 Å². The van der Waals surface area contributed by atoms with Gasteiger partial charge in [-0.3, -0.25) is 0 Å². The Bertz CT molecular complexity index is 333. The van der Waals surface area contributed by atoms with E-state index in [0.717, 1.165) is 18.8 Å². The fourth-order valence-electron chi connectivity index (χ4n) is 1.80. The van der Waals surface area contributed by atoms with E-state index in [2.05, 4.69) is 58.0 Å². The van der Waals surface area contributed by atoms with Crippen LogP contribution in [0.2, 0.25) is 0 Å². The Morgan fingerprint density at radius 1 is 1.25 bits per heavy atom. The first-order valence-corrected chi connectivity index (χ1v) is 6.08. The van der Waals surface area contributed by atoms with Gasteiger partial charge < -0.3 is 4.74 Å². The summed E-state index contributed by atoms with van der Waals surface area (Å²) in [6.45, 7) is 9.44. The second-order valence-electron chi connectivity index (χ2n) is 4.27. The van der Waals surface area contributed by atoms with Crippen molar-refractivity contribution in [3.63, 3.8) is 0 Å². The van der Waals surface area contributed by atoms with Crippen molar-refractivity contribution >= 4 is 5.57 Å². The molecular formula is C15H22O. The first-order chi connectivity index (χ1) is 7.69. The van der Waals surface area contributed by atoms with Crippen LogP contribution >= 0.6 is 0 Å². The van der Waals surface area contributed by atoms with Crippen LogP contribution in [0, 0.1) is 5.92 Å². The van der Waals surface area contributed by atoms with Crippen molar-refractivity contribution in [2.75, 3.05) is 6.61 Å². The summed E-state index contributed by atoms with van der Waals surface area (Å²) in [7, 11) is 0. The maximum Gasteiger partial charge on any atom is 0.119 e. The highest BCUT2D eigenvalue weighted by atomic mass is 16.5. The molecule has 0 saturated carbocycles. The highest BCUT2D eigenvalue weighted by molar-refractivity contribution is 5.67. The van der Waals surface area contributed by atoms with Gasteiger partial charge in [0.15, 0.2) is 0 Å². The van der Waals surface area contributed by atoms with Crippen LogP contribution in [0.25, 0.3) is 5.57 Å². The molecule has 0 heterocycles. The molecule has 1 aromatic rings. The van der Waals surface area contributed by atoms with Crippen LogP contribution in [-0.4, -0.2) is 6.61 Å². The zero-order valence-corrected chi connectivity index (χ0v) is 10.8. The summed E-state index contributed by atoms with van der Waals surface area (Å²) >= 11 is 0. The molecule has 0 unspecified atom stereocenters. The second kappa shape index (κ2) is 6.37. The molecule has 16 heavy (non-hydrogen) atoms. The third-order valence-corrected chi connectivity index (χ3v) is 2.59. The number of benzene rings is 1. The number of hydrogen-bond acceptors (Lipinski definition) is 1. The molecule has 1 rings (SSSR count). The minimum Gasteiger partial charge on any atom is -0.494 e. The molecule has 1 heteroatoms. The molecule has 0 aromatic heterocycles. The summed E-state index contributed by atoms with van der Waals surface area (Å²) in [5, 5.41) is 0. The molecular weight excluding hydrogens is 196 g/mol. The number of hydrogen-bond donors (Lipinski definition) is 0. The van der Waals surface area contributed by atoms with Crippen LogP contribution in [0.4, 0.5) is 0 Å². The molecule has 0 aliphatic carbocycles. The molecule has 88 valence electrons. The Morgan fingerprint density at radius 3 is 2.31 bits per heavy atom. The van der Waals surface area contributed by atoms with Gasteiger partial charge in [-0.05, 0) is 42.5 Å². The Labute approximate surface area is 99.1 Å². The monoisotopic (exact) mass is 218 g/mol. The zero-order valence-electron chi connectivity index (χ0n) is 10.8. The molecule has 0 saturated heterocycles. The summed E-state index contributed by atoms with van der Waals surface area (Å²) in [5.41, 5.74) is 2.68. The minimum absolute atomic E-state index is 0.562. The molecule has 0 fully saturated rings. The molecule has 0 N–H and O–H groups in total. The van der Waals surface area contributed by atoms with E-state index in [4.69, 9.17) is 4.74 Å². The minimum atomic E-state index is 0.562. The average Bonchev–Trinajstić information content (AvgIpc) is 2.28. The summed E-state index contributed by atoms with van der Waals surface area (Å²) < 4.78 is 5.56. The van der Waals surface area contributed by atoms with Gasteiger partial charge in [-0.15, -0.1) is 0 Å². The average molecular weight is 218 g/mol. The van der Waals surface area contributed by atoms with Crippen LogP contribution < -0.4 is 4.74 Å². The number of allylic oxidation sites excluding steroid dienone is 2. The highest BCUT2D eigenvalue weighted by Crippen LogP contribution is 2.24. The predicted octanol–water partition coefficient (Wildman–Crippen LogP) is 4.53. The lowest BCUT2D eigenvalue weighted by Crippen LogP contribution is -1.96. The van der Waals surface area contributed by atoms with Crippen LogP contribution in [-0.2, 0) is 0 Å². The summed E-state index contributed by atoms with van der Waals surface area (Å²) in [6, 6.07) is 8.38. The smallest absolute Gasteiger partial charge is 0.119 e.